The van der Waals surface area contributed by atoms with Crippen LogP contribution in [0.3, 0.4) is 0 Å². The molecule has 210 valence electrons. The minimum absolute atomic E-state index is 0.298. The van der Waals surface area contributed by atoms with E-state index in [4.69, 9.17) is 9.72 Å². The number of carbonyl (C=O) groups is 1. The Labute approximate surface area is 236 Å². The van der Waals surface area contributed by atoms with Gasteiger partial charge >= 0.3 is 0 Å². The highest BCUT2D eigenvalue weighted by molar-refractivity contribution is 6.02. The summed E-state index contributed by atoms with van der Waals surface area (Å²) >= 11 is 0. The van der Waals surface area contributed by atoms with Crippen molar-refractivity contribution in [2.24, 2.45) is 7.05 Å². The molecule has 9 nitrogen and oxygen atoms in total. The summed E-state index contributed by atoms with van der Waals surface area (Å²) in [5.74, 6) is 1.17. The fourth-order valence-electron chi connectivity index (χ4n) is 4.56. The molecule has 0 saturated carbocycles. The Morgan fingerprint density at radius 3 is 2.58 bits per heavy atom. The summed E-state index contributed by atoms with van der Waals surface area (Å²) in [4.78, 5) is 25.8. The Kier molecular flexibility index (Phi) is 8.74. The van der Waals surface area contributed by atoms with E-state index >= 15 is 0 Å². The number of likely N-dealkylation sites (N-methyl/N-ethyl adjacent to an activating group) is 2. The number of benzene rings is 2. The largest absolute Gasteiger partial charge is 0.494 e. The summed E-state index contributed by atoms with van der Waals surface area (Å²) in [6.07, 6.45) is 5.09. The Balaban J connectivity index is 1.71. The van der Waals surface area contributed by atoms with Gasteiger partial charge in [-0.15, -0.1) is 0 Å². The van der Waals surface area contributed by atoms with Crippen LogP contribution < -0.4 is 20.3 Å². The number of ether oxygens (including phenoxy) is 1. The predicted molar refractivity (Wildman–Crippen MR) is 165 cm³/mol. The molecule has 0 saturated heterocycles. The molecular formula is C31H39N7O2. The Hall–Kier alpha value is -4.37. The van der Waals surface area contributed by atoms with Crippen molar-refractivity contribution < 1.29 is 9.53 Å². The van der Waals surface area contributed by atoms with E-state index in [0.717, 1.165) is 40.9 Å². The first-order chi connectivity index (χ1) is 19.1. The van der Waals surface area contributed by atoms with Gasteiger partial charge in [-0.1, -0.05) is 32.6 Å². The van der Waals surface area contributed by atoms with Gasteiger partial charge in [-0.2, -0.15) is 0 Å². The monoisotopic (exact) mass is 541 g/mol. The molecule has 9 heteroatoms. The van der Waals surface area contributed by atoms with Gasteiger partial charge < -0.3 is 29.7 Å². The van der Waals surface area contributed by atoms with Gasteiger partial charge in [-0.3, -0.25) is 4.79 Å². The first kappa shape index (κ1) is 28.6. The zero-order valence-electron chi connectivity index (χ0n) is 24.4. The quantitative estimate of drug-likeness (QED) is 0.238. The molecule has 4 rings (SSSR count). The van der Waals surface area contributed by atoms with Crippen LogP contribution in [0.4, 0.5) is 23.0 Å². The lowest BCUT2D eigenvalue weighted by Crippen LogP contribution is -2.29. The minimum atomic E-state index is -0.298. The fourth-order valence-corrected chi connectivity index (χ4v) is 4.56. The number of carbonyl (C=O) groups excluding carboxylic acids is 1. The fraction of sp³-hybridized carbons (Fsp3) is 0.323. The summed E-state index contributed by atoms with van der Waals surface area (Å²) in [5.41, 5.74) is 6.37. The molecule has 2 N–H and O–H groups in total. The second-order valence-electron chi connectivity index (χ2n) is 10.5. The highest BCUT2D eigenvalue weighted by atomic mass is 16.5. The van der Waals surface area contributed by atoms with E-state index in [-0.39, 0.29) is 5.91 Å². The summed E-state index contributed by atoms with van der Waals surface area (Å²) < 4.78 is 7.87. The topological polar surface area (TPSA) is 87.5 Å². The average Bonchev–Trinajstić information content (AvgIpc) is 3.27. The molecule has 0 aliphatic carbocycles. The van der Waals surface area contributed by atoms with Crippen molar-refractivity contribution >= 4 is 39.8 Å². The first-order valence-electron chi connectivity index (χ1n) is 13.3. The average molecular weight is 542 g/mol. The van der Waals surface area contributed by atoms with Crippen LogP contribution in [-0.2, 0) is 11.8 Å². The van der Waals surface area contributed by atoms with Crippen molar-refractivity contribution in [3.63, 3.8) is 0 Å². The van der Waals surface area contributed by atoms with Crippen LogP contribution in [0.25, 0.3) is 22.2 Å². The van der Waals surface area contributed by atoms with Crippen LogP contribution >= 0.6 is 0 Å². The molecule has 1 amide bonds. The van der Waals surface area contributed by atoms with Crippen molar-refractivity contribution in [1.82, 2.24) is 19.4 Å². The lowest BCUT2D eigenvalue weighted by molar-refractivity contribution is -0.111. The number of nitrogens with zero attached hydrogens (tertiary/aromatic N) is 5. The summed E-state index contributed by atoms with van der Waals surface area (Å²) in [5, 5.41) is 7.36. The second-order valence-corrected chi connectivity index (χ2v) is 10.5. The number of anilines is 4. The maximum absolute atomic E-state index is 12.3. The third-order valence-electron chi connectivity index (χ3n) is 6.91. The molecule has 0 spiro atoms. The van der Waals surface area contributed by atoms with Crippen LogP contribution in [0.2, 0.25) is 0 Å². The molecular weight excluding hydrogens is 502 g/mol. The zero-order valence-corrected chi connectivity index (χ0v) is 24.4. The van der Waals surface area contributed by atoms with Crippen molar-refractivity contribution in [2.75, 3.05) is 56.9 Å². The molecule has 2 heterocycles. The number of hydrogen-bond donors (Lipinski definition) is 2. The Morgan fingerprint density at radius 2 is 1.90 bits per heavy atom. The predicted octanol–water partition coefficient (Wildman–Crippen LogP) is 5.63. The Morgan fingerprint density at radius 1 is 1.12 bits per heavy atom. The number of aromatic nitrogens is 3. The molecule has 2 aromatic heterocycles. The van der Waals surface area contributed by atoms with Crippen molar-refractivity contribution in [3.05, 3.63) is 67.0 Å². The summed E-state index contributed by atoms with van der Waals surface area (Å²) in [6, 6.07) is 12.2. The normalized spacial score (nSPS) is 11.2. The van der Waals surface area contributed by atoms with Gasteiger partial charge in [0.05, 0.1) is 29.9 Å². The SMILES string of the molecule is C=CC(=O)Nc1cc(Nc2nccc(-c3cn(C)c4cc(C(C)C)ccc34)n2)c(OC)cc1N(C)CCN(C)C. The lowest BCUT2D eigenvalue weighted by Gasteiger charge is -2.26. The van der Waals surface area contributed by atoms with Crippen LogP contribution in [-0.4, -0.2) is 66.7 Å². The molecule has 40 heavy (non-hydrogen) atoms. The maximum atomic E-state index is 12.3. The van der Waals surface area contributed by atoms with Gasteiger partial charge in [0.25, 0.3) is 0 Å². The molecule has 0 bridgehead atoms. The van der Waals surface area contributed by atoms with Crippen LogP contribution in [0.15, 0.2) is 61.4 Å². The number of rotatable bonds is 11. The van der Waals surface area contributed by atoms with Gasteiger partial charge in [0, 0.05) is 62.1 Å². The molecule has 0 atom stereocenters. The summed E-state index contributed by atoms with van der Waals surface area (Å²) in [6.45, 7) is 9.60. The van der Waals surface area contributed by atoms with Gasteiger partial charge in [-0.25, -0.2) is 9.97 Å². The third kappa shape index (κ3) is 6.26. The molecule has 0 fully saturated rings. The van der Waals surface area contributed by atoms with E-state index in [1.54, 1.807) is 13.3 Å². The van der Waals surface area contributed by atoms with E-state index in [1.165, 1.54) is 11.6 Å². The molecule has 0 aliphatic rings. The number of fused-ring (bicyclic) bond motifs is 1. The standard InChI is InChI=1S/C31H39N7O2/c1-9-30(39)33-25-17-26(29(40-8)18-28(25)37(6)15-14-36(4)5)35-31-32-13-12-24(34-31)23-19-38(7)27-16-21(20(2)3)10-11-22(23)27/h9-13,16-20H,1,14-15H2,2-8H3,(H,33,39)(H,32,34,35). The number of hydrogen-bond acceptors (Lipinski definition) is 7. The van der Waals surface area contributed by atoms with Gasteiger partial charge in [0.2, 0.25) is 11.9 Å². The number of methoxy groups -OCH3 is 1. The van der Waals surface area contributed by atoms with Crippen LogP contribution in [0.1, 0.15) is 25.3 Å². The third-order valence-corrected chi connectivity index (χ3v) is 6.91. The highest BCUT2D eigenvalue weighted by Crippen LogP contribution is 2.38. The number of amides is 1. The number of aryl methyl sites for hydroxylation is 1. The second kappa shape index (κ2) is 12.2. The van der Waals surface area contributed by atoms with Gasteiger partial charge in [0.15, 0.2) is 0 Å². The van der Waals surface area contributed by atoms with Crippen LogP contribution in [0.5, 0.6) is 5.75 Å². The molecule has 0 radical (unpaired) electrons. The minimum Gasteiger partial charge on any atom is -0.494 e. The lowest BCUT2D eigenvalue weighted by atomic mass is 10.0. The first-order valence-corrected chi connectivity index (χ1v) is 13.3. The van der Waals surface area contributed by atoms with E-state index in [2.05, 4.69) is 81.9 Å². The van der Waals surface area contributed by atoms with E-state index in [0.29, 0.717) is 29.0 Å². The Bertz CT molecular complexity index is 1520. The van der Waals surface area contributed by atoms with Gasteiger partial charge in [-0.05, 0) is 49.9 Å². The molecule has 4 aromatic rings. The maximum Gasteiger partial charge on any atom is 0.247 e. The van der Waals surface area contributed by atoms with Crippen molar-refractivity contribution in [1.29, 1.82) is 0 Å². The highest BCUT2D eigenvalue weighted by Gasteiger charge is 2.17. The molecule has 2 aromatic carbocycles. The van der Waals surface area contributed by atoms with E-state index in [9.17, 15) is 4.79 Å². The molecule has 0 aliphatic heterocycles. The summed E-state index contributed by atoms with van der Waals surface area (Å²) in [7, 11) is 9.70. The van der Waals surface area contributed by atoms with Crippen LogP contribution in [0, 0.1) is 0 Å². The van der Waals surface area contributed by atoms with E-state index < -0.39 is 0 Å². The smallest absolute Gasteiger partial charge is 0.247 e. The number of nitrogens with one attached hydrogen (secondary N) is 2. The van der Waals surface area contributed by atoms with Gasteiger partial charge in [0.1, 0.15) is 5.75 Å². The van der Waals surface area contributed by atoms with Crippen molar-refractivity contribution in [2.45, 2.75) is 19.8 Å². The van der Waals surface area contributed by atoms with Crippen molar-refractivity contribution in [3.8, 4) is 17.0 Å². The molecule has 0 unspecified atom stereocenters. The zero-order chi connectivity index (χ0) is 29.0. The van der Waals surface area contributed by atoms with E-state index in [1.807, 2.05) is 39.3 Å².